The van der Waals surface area contributed by atoms with Crippen molar-refractivity contribution >= 4 is 21.6 Å². The van der Waals surface area contributed by atoms with E-state index in [4.69, 9.17) is 16.3 Å². The minimum Gasteiger partial charge on any atom is -0.383 e. The molecule has 0 N–H and O–H groups in total. The maximum absolute atomic E-state index is 12.0. The summed E-state index contributed by atoms with van der Waals surface area (Å²) >= 11 is 5.62. The SMILES string of the molecule is C=CCN(CCOC)S(=O)(=O)CC(C)CCl. The van der Waals surface area contributed by atoms with Crippen molar-refractivity contribution < 1.29 is 13.2 Å². The van der Waals surface area contributed by atoms with Crippen molar-refractivity contribution in [1.29, 1.82) is 0 Å². The molecular weight excluding hydrogens is 250 g/mol. The zero-order valence-electron chi connectivity index (χ0n) is 9.86. The van der Waals surface area contributed by atoms with Crippen molar-refractivity contribution in [1.82, 2.24) is 4.31 Å². The van der Waals surface area contributed by atoms with Crippen LogP contribution in [0.1, 0.15) is 6.92 Å². The van der Waals surface area contributed by atoms with Crippen LogP contribution in [0.2, 0.25) is 0 Å². The lowest BCUT2D eigenvalue weighted by molar-refractivity contribution is 0.182. The van der Waals surface area contributed by atoms with E-state index in [1.165, 1.54) is 4.31 Å². The first-order valence-corrected chi connectivity index (χ1v) is 7.26. The molecule has 96 valence electrons. The fraction of sp³-hybridized carbons (Fsp3) is 0.800. The Hall–Kier alpha value is -0.100. The molecule has 0 fully saturated rings. The fourth-order valence-corrected chi connectivity index (χ4v) is 3.16. The molecule has 0 aliphatic rings. The van der Waals surface area contributed by atoms with Crippen LogP contribution in [-0.2, 0) is 14.8 Å². The first-order chi connectivity index (χ1) is 7.47. The highest BCUT2D eigenvalue weighted by Gasteiger charge is 2.22. The van der Waals surface area contributed by atoms with E-state index in [2.05, 4.69) is 6.58 Å². The Morgan fingerprint density at radius 3 is 2.62 bits per heavy atom. The van der Waals surface area contributed by atoms with E-state index in [1.54, 1.807) is 13.2 Å². The topological polar surface area (TPSA) is 46.6 Å². The Morgan fingerprint density at radius 2 is 2.19 bits per heavy atom. The Bertz CT molecular complexity index is 292. The molecule has 0 aliphatic carbocycles. The third-order valence-electron chi connectivity index (χ3n) is 2.03. The molecule has 0 bridgehead atoms. The van der Waals surface area contributed by atoms with Gasteiger partial charge in [0.1, 0.15) is 0 Å². The van der Waals surface area contributed by atoms with E-state index in [0.717, 1.165) is 0 Å². The van der Waals surface area contributed by atoms with E-state index in [9.17, 15) is 8.42 Å². The normalized spacial score (nSPS) is 14.0. The maximum Gasteiger partial charge on any atom is 0.214 e. The summed E-state index contributed by atoms with van der Waals surface area (Å²) in [6, 6.07) is 0. The number of alkyl halides is 1. The predicted molar refractivity (Wildman–Crippen MR) is 67.3 cm³/mol. The lowest BCUT2D eigenvalue weighted by Gasteiger charge is -2.21. The summed E-state index contributed by atoms with van der Waals surface area (Å²) in [5.74, 6) is 0.348. The van der Waals surface area contributed by atoms with E-state index >= 15 is 0 Å². The quantitative estimate of drug-likeness (QED) is 0.469. The van der Waals surface area contributed by atoms with Crippen molar-refractivity contribution in [2.45, 2.75) is 6.92 Å². The second kappa shape index (κ2) is 8.06. The number of hydrogen-bond donors (Lipinski definition) is 0. The van der Waals surface area contributed by atoms with Crippen LogP contribution in [0.3, 0.4) is 0 Å². The second-order valence-corrected chi connectivity index (χ2v) is 6.00. The van der Waals surface area contributed by atoms with Crippen LogP contribution in [0.25, 0.3) is 0 Å². The van der Waals surface area contributed by atoms with Gasteiger partial charge in [-0.15, -0.1) is 18.2 Å². The number of hydrogen-bond acceptors (Lipinski definition) is 3. The van der Waals surface area contributed by atoms with E-state index < -0.39 is 10.0 Å². The van der Waals surface area contributed by atoms with Gasteiger partial charge >= 0.3 is 0 Å². The van der Waals surface area contributed by atoms with Crippen LogP contribution in [0.5, 0.6) is 0 Å². The molecule has 0 radical (unpaired) electrons. The van der Waals surface area contributed by atoms with Gasteiger partial charge in [-0.2, -0.15) is 4.31 Å². The van der Waals surface area contributed by atoms with Gasteiger partial charge in [0.15, 0.2) is 0 Å². The number of halogens is 1. The van der Waals surface area contributed by atoms with Crippen LogP contribution in [-0.4, -0.2) is 51.2 Å². The van der Waals surface area contributed by atoms with Crippen molar-refractivity contribution in [2.24, 2.45) is 5.92 Å². The van der Waals surface area contributed by atoms with Crippen molar-refractivity contribution in [2.75, 3.05) is 38.4 Å². The third kappa shape index (κ3) is 5.84. The van der Waals surface area contributed by atoms with Gasteiger partial charge in [-0.25, -0.2) is 8.42 Å². The molecule has 0 aromatic heterocycles. The lowest BCUT2D eigenvalue weighted by atomic mass is 10.3. The second-order valence-electron chi connectivity index (χ2n) is 3.68. The Morgan fingerprint density at radius 1 is 1.56 bits per heavy atom. The van der Waals surface area contributed by atoms with Crippen LogP contribution in [0.4, 0.5) is 0 Å². The summed E-state index contributed by atoms with van der Waals surface area (Å²) < 4.78 is 30.2. The smallest absolute Gasteiger partial charge is 0.214 e. The number of sulfonamides is 1. The third-order valence-corrected chi connectivity index (χ3v) is 4.67. The van der Waals surface area contributed by atoms with Crippen LogP contribution < -0.4 is 0 Å². The zero-order valence-corrected chi connectivity index (χ0v) is 11.4. The van der Waals surface area contributed by atoms with Gasteiger partial charge in [0.25, 0.3) is 0 Å². The molecular formula is C10H20ClNO3S. The van der Waals surface area contributed by atoms with Crippen molar-refractivity contribution in [3.05, 3.63) is 12.7 Å². The number of nitrogens with zero attached hydrogens (tertiary/aromatic N) is 1. The number of methoxy groups -OCH3 is 1. The zero-order chi connectivity index (χ0) is 12.6. The summed E-state index contributed by atoms with van der Waals surface area (Å²) in [4.78, 5) is 0. The molecule has 0 saturated carbocycles. The van der Waals surface area contributed by atoms with Gasteiger partial charge in [-0.3, -0.25) is 0 Å². The molecule has 0 aromatic carbocycles. The molecule has 6 heteroatoms. The molecule has 0 aliphatic heterocycles. The van der Waals surface area contributed by atoms with Gasteiger partial charge in [-0.1, -0.05) is 13.0 Å². The average molecular weight is 270 g/mol. The predicted octanol–water partition coefficient (Wildman–Crippen LogP) is 1.33. The molecule has 0 saturated heterocycles. The van der Waals surface area contributed by atoms with Gasteiger partial charge in [0, 0.05) is 26.1 Å². The molecule has 0 heterocycles. The molecule has 0 spiro atoms. The number of rotatable bonds is 9. The highest BCUT2D eigenvalue weighted by molar-refractivity contribution is 7.89. The molecule has 4 nitrogen and oxygen atoms in total. The van der Waals surface area contributed by atoms with Crippen molar-refractivity contribution in [3.63, 3.8) is 0 Å². The van der Waals surface area contributed by atoms with E-state index in [-0.39, 0.29) is 11.7 Å². The van der Waals surface area contributed by atoms with Crippen molar-refractivity contribution in [3.8, 4) is 0 Å². The van der Waals surface area contributed by atoms with Crippen LogP contribution in [0.15, 0.2) is 12.7 Å². The first-order valence-electron chi connectivity index (χ1n) is 5.11. The number of ether oxygens (including phenoxy) is 1. The Labute approximate surface area is 103 Å². The Kier molecular flexibility index (Phi) is 8.01. The summed E-state index contributed by atoms with van der Waals surface area (Å²) in [6.07, 6.45) is 1.57. The van der Waals surface area contributed by atoms with E-state index in [0.29, 0.717) is 25.6 Å². The van der Waals surface area contributed by atoms with E-state index in [1.807, 2.05) is 6.92 Å². The minimum absolute atomic E-state index is 0.0541. The molecule has 0 aromatic rings. The molecule has 1 atom stereocenters. The standard InChI is InChI=1S/C10H20ClNO3S/c1-4-5-12(6-7-15-3)16(13,14)9-10(2)8-11/h4,10H,1,5-9H2,2-3H3. The molecule has 0 rings (SSSR count). The molecule has 1 unspecified atom stereocenters. The van der Waals surface area contributed by atoms with Gasteiger partial charge in [-0.05, 0) is 5.92 Å². The minimum atomic E-state index is -3.27. The average Bonchev–Trinajstić information content (AvgIpc) is 2.23. The summed E-state index contributed by atoms with van der Waals surface area (Å²) in [5.41, 5.74) is 0. The maximum atomic E-state index is 12.0. The first kappa shape index (κ1) is 15.9. The largest absolute Gasteiger partial charge is 0.383 e. The van der Waals surface area contributed by atoms with Crippen LogP contribution in [0, 0.1) is 5.92 Å². The lowest BCUT2D eigenvalue weighted by Crippen LogP contribution is -2.37. The summed E-state index contributed by atoms with van der Waals surface area (Å²) in [7, 11) is -1.73. The molecule has 0 amide bonds. The highest BCUT2D eigenvalue weighted by atomic mass is 35.5. The fourth-order valence-electron chi connectivity index (χ4n) is 1.19. The summed E-state index contributed by atoms with van der Waals surface area (Å²) in [6.45, 7) is 6.39. The Balaban J connectivity index is 4.54. The summed E-state index contributed by atoms with van der Waals surface area (Å²) in [5, 5.41) is 0. The van der Waals surface area contributed by atoms with Gasteiger partial charge in [0.05, 0.1) is 12.4 Å². The molecule has 16 heavy (non-hydrogen) atoms. The highest BCUT2D eigenvalue weighted by Crippen LogP contribution is 2.09. The van der Waals surface area contributed by atoms with Gasteiger partial charge in [0.2, 0.25) is 10.0 Å². The van der Waals surface area contributed by atoms with Crippen LogP contribution >= 0.6 is 11.6 Å². The van der Waals surface area contributed by atoms with Gasteiger partial charge < -0.3 is 4.74 Å². The monoisotopic (exact) mass is 269 g/mol.